The largest absolute Gasteiger partial charge is 0.416 e. The first-order chi connectivity index (χ1) is 9.75. The van der Waals surface area contributed by atoms with Gasteiger partial charge >= 0.3 is 6.18 Å². The van der Waals surface area contributed by atoms with Crippen molar-refractivity contribution < 1.29 is 18.0 Å². The molecule has 0 fully saturated rings. The average Bonchev–Trinajstić information content (AvgIpc) is 2.75. The topological polar surface area (TPSA) is 42.9 Å². The Morgan fingerprint density at radius 3 is 2.62 bits per heavy atom. The van der Waals surface area contributed by atoms with Crippen LogP contribution in [0.25, 0.3) is 0 Å². The van der Waals surface area contributed by atoms with Crippen LogP contribution in [0.2, 0.25) is 5.02 Å². The molecule has 8 heteroatoms. The van der Waals surface area contributed by atoms with Crippen LogP contribution in [0.5, 0.6) is 0 Å². The van der Waals surface area contributed by atoms with Crippen LogP contribution in [0, 0.1) is 6.92 Å². The van der Waals surface area contributed by atoms with E-state index in [-0.39, 0.29) is 29.2 Å². The lowest BCUT2D eigenvalue weighted by Gasteiger charge is -2.12. The van der Waals surface area contributed by atoms with E-state index in [0.717, 1.165) is 17.6 Å². The van der Waals surface area contributed by atoms with Crippen molar-refractivity contribution in [2.24, 2.45) is 0 Å². The normalized spacial score (nSPS) is 11.7. The molecule has 0 unspecified atom stereocenters. The number of hydrogen-bond acceptors (Lipinski definition) is 4. The summed E-state index contributed by atoms with van der Waals surface area (Å²) < 4.78 is 42.7. The minimum Gasteiger partial charge on any atom is -0.299 e. The summed E-state index contributed by atoms with van der Waals surface area (Å²) in [7, 11) is 0. The molecule has 0 aliphatic carbocycles. The zero-order chi connectivity index (χ0) is 15.6. The Hall–Kier alpha value is -1.47. The third-order valence-corrected chi connectivity index (χ3v) is 3.72. The minimum atomic E-state index is -4.54. The lowest BCUT2D eigenvalue weighted by Crippen LogP contribution is -2.13. The molecule has 0 aliphatic heterocycles. The zero-order valence-corrected chi connectivity index (χ0v) is 12.4. The number of benzene rings is 1. The molecule has 0 N–H and O–H groups in total. The molecule has 0 aliphatic rings. The predicted octanol–water partition coefficient (Wildman–Crippen LogP) is 3.87. The van der Waals surface area contributed by atoms with Crippen LogP contribution in [-0.4, -0.2) is 15.1 Å². The van der Waals surface area contributed by atoms with Gasteiger partial charge in [-0.15, -0.1) is 0 Å². The molecule has 0 bridgehead atoms. The monoisotopic (exact) mass is 334 g/mol. The van der Waals surface area contributed by atoms with E-state index in [4.69, 9.17) is 11.6 Å². The number of rotatable bonds is 4. The van der Waals surface area contributed by atoms with Crippen molar-refractivity contribution in [3.05, 3.63) is 45.2 Å². The molecule has 0 radical (unpaired) electrons. The molecule has 0 atom stereocenters. The summed E-state index contributed by atoms with van der Waals surface area (Å²) in [6.45, 7) is 1.69. The number of nitrogens with zero attached hydrogens (tertiary/aromatic N) is 2. The van der Waals surface area contributed by atoms with E-state index < -0.39 is 11.7 Å². The molecule has 0 saturated carbocycles. The summed E-state index contributed by atoms with van der Waals surface area (Å²) in [4.78, 5) is 15.9. The van der Waals surface area contributed by atoms with E-state index in [0.29, 0.717) is 10.8 Å². The standard InChI is InChI=1S/C13H10ClF3N2OS/c1-7-18-12(21-19-7)6-10(20)4-8-2-3-9(14)5-11(8)13(15,16)17/h2-3,5H,4,6H2,1H3. The molecule has 2 aromatic rings. The zero-order valence-electron chi connectivity index (χ0n) is 10.9. The second-order valence-electron chi connectivity index (χ2n) is 4.43. The van der Waals surface area contributed by atoms with Crippen LogP contribution in [0.4, 0.5) is 13.2 Å². The van der Waals surface area contributed by atoms with E-state index in [1.807, 2.05) is 0 Å². The number of hydrogen-bond donors (Lipinski definition) is 0. The van der Waals surface area contributed by atoms with Gasteiger partial charge in [0.2, 0.25) is 0 Å². The van der Waals surface area contributed by atoms with E-state index in [9.17, 15) is 18.0 Å². The summed E-state index contributed by atoms with van der Waals surface area (Å²) in [5.41, 5.74) is -0.963. The second-order valence-corrected chi connectivity index (χ2v) is 5.70. The SMILES string of the molecule is Cc1nsc(CC(=O)Cc2ccc(Cl)cc2C(F)(F)F)n1. The van der Waals surface area contributed by atoms with Gasteiger partial charge in [0.15, 0.2) is 0 Å². The maximum absolute atomic E-state index is 12.9. The van der Waals surface area contributed by atoms with Crippen molar-refractivity contribution in [3.63, 3.8) is 0 Å². The van der Waals surface area contributed by atoms with Crippen molar-refractivity contribution >= 4 is 28.9 Å². The molecule has 0 spiro atoms. The number of Topliss-reactive ketones (excluding diaryl/α,β-unsaturated/α-hetero) is 1. The van der Waals surface area contributed by atoms with Gasteiger partial charge in [-0.3, -0.25) is 4.79 Å². The smallest absolute Gasteiger partial charge is 0.299 e. The third-order valence-electron chi connectivity index (χ3n) is 2.68. The molecule has 21 heavy (non-hydrogen) atoms. The Labute approximate surface area is 127 Å². The quantitative estimate of drug-likeness (QED) is 0.852. The fraction of sp³-hybridized carbons (Fsp3) is 0.308. The van der Waals surface area contributed by atoms with Crippen LogP contribution in [0.3, 0.4) is 0 Å². The molecule has 1 aromatic carbocycles. The fourth-order valence-electron chi connectivity index (χ4n) is 1.82. The Morgan fingerprint density at radius 2 is 2.05 bits per heavy atom. The number of alkyl halides is 3. The van der Waals surface area contributed by atoms with Crippen LogP contribution in [-0.2, 0) is 23.8 Å². The van der Waals surface area contributed by atoms with Crippen molar-refractivity contribution in [1.29, 1.82) is 0 Å². The number of aromatic nitrogens is 2. The number of carbonyl (C=O) groups excluding carboxylic acids is 1. The fourth-order valence-corrected chi connectivity index (χ4v) is 2.67. The number of ketones is 1. The van der Waals surface area contributed by atoms with Gasteiger partial charge in [-0.1, -0.05) is 17.7 Å². The van der Waals surface area contributed by atoms with Gasteiger partial charge in [-0.25, -0.2) is 4.98 Å². The highest BCUT2D eigenvalue weighted by atomic mass is 35.5. The first kappa shape index (κ1) is 15.9. The first-order valence-corrected chi connectivity index (χ1v) is 7.07. The van der Waals surface area contributed by atoms with E-state index >= 15 is 0 Å². The van der Waals surface area contributed by atoms with Crippen LogP contribution >= 0.6 is 23.1 Å². The minimum absolute atomic E-state index is 0.0155. The molecular weight excluding hydrogens is 325 g/mol. The third kappa shape index (κ3) is 4.25. The Morgan fingerprint density at radius 1 is 1.33 bits per heavy atom. The molecule has 2 rings (SSSR count). The summed E-state index contributed by atoms with van der Waals surface area (Å²) in [5.74, 6) is 0.198. The number of halogens is 4. The molecule has 0 amide bonds. The lowest BCUT2D eigenvalue weighted by atomic mass is 10.0. The van der Waals surface area contributed by atoms with Crippen LogP contribution in [0.15, 0.2) is 18.2 Å². The summed E-state index contributed by atoms with van der Waals surface area (Å²) in [6, 6.07) is 3.40. The maximum atomic E-state index is 12.9. The van der Waals surface area contributed by atoms with Gasteiger partial charge in [0.05, 0.1) is 12.0 Å². The molecule has 1 heterocycles. The van der Waals surface area contributed by atoms with E-state index in [1.54, 1.807) is 6.92 Å². The van der Waals surface area contributed by atoms with E-state index in [2.05, 4.69) is 9.36 Å². The molecule has 112 valence electrons. The van der Waals surface area contributed by atoms with Crippen molar-refractivity contribution in [3.8, 4) is 0 Å². The first-order valence-electron chi connectivity index (χ1n) is 5.92. The Balaban J connectivity index is 2.17. The highest BCUT2D eigenvalue weighted by molar-refractivity contribution is 7.05. The van der Waals surface area contributed by atoms with Crippen LogP contribution in [0.1, 0.15) is 22.0 Å². The van der Waals surface area contributed by atoms with Crippen molar-refractivity contribution in [2.45, 2.75) is 25.9 Å². The van der Waals surface area contributed by atoms with Gasteiger partial charge < -0.3 is 0 Å². The summed E-state index contributed by atoms with van der Waals surface area (Å²) in [6.07, 6.45) is -4.88. The predicted molar refractivity (Wildman–Crippen MR) is 73.5 cm³/mol. The molecule has 3 nitrogen and oxygen atoms in total. The van der Waals surface area contributed by atoms with Gasteiger partial charge in [0.25, 0.3) is 0 Å². The van der Waals surface area contributed by atoms with Gasteiger partial charge in [0.1, 0.15) is 16.6 Å². The molecular formula is C13H10ClF3N2OS. The van der Waals surface area contributed by atoms with Crippen LogP contribution < -0.4 is 0 Å². The highest BCUT2D eigenvalue weighted by Crippen LogP contribution is 2.34. The highest BCUT2D eigenvalue weighted by Gasteiger charge is 2.33. The van der Waals surface area contributed by atoms with Gasteiger partial charge in [0, 0.05) is 11.4 Å². The Bertz CT molecular complexity index is 670. The number of carbonyl (C=O) groups is 1. The van der Waals surface area contributed by atoms with Crippen molar-refractivity contribution in [2.75, 3.05) is 0 Å². The summed E-state index contributed by atoms with van der Waals surface area (Å²) in [5, 5.41) is 0.485. The second kappa shape index (κ2) is 6.11. The van der Waals surface area contributed by atoms with Gasteiger partial charge in [-0.2, -0.15) is 17.5 Å². The Kier molecular flexibility index (Phi) is 4.63. The van der Waals surface area contributed by atoms with Gasteiger partial charge in [-0.05, 0) is 36.2 Å². The summed E-state index contributed by atoms with van der Waals surface area (Å²) >= 11 is 6.67. The maximum Gasteiger partial charge on any atom is 0.416 e. The average molecular weight is 335 g/mol. The van der Waals surface area contributed by atoms with E-state index in [1.165, 1.54) is 12.1 Å². The molecule has 1 aromatic heterocycles. The molecule has 0 saturated heterocycles. The number of aryl methyl sites for hydroxylation is 1. The lowest BCUT2D eigenvalue weighted by molar-refractivity contribution is -0.138. The van der Waals surface area contributed by atoms with Crippen molar-refractivity contribution in [1.82, 2.24) is 9.36 Å².